The van der Waals surface area contributed by atoms with Gasteiger partial charge in [0.15, 0.2) is 5.57 Å². The van der Waals surface area contributed by atoms with Gasteiger partial charge in [-0.05, 0) is 30.5 Å². The van der Waals surface area contributed by atoms with E-state index in [0.29, 0.717) is 18.5 Å². The molecule has 1 atom stereocenters. The number of fused-ring (bicyclic) bond motifs is 1. The fourth-order valence-corrected chi connectivity index (χ4v) is 3.11. The summed E-state index contributed by atoms with van der Waals surface area (Å²) in [6, 6.07) is 5.52. The largest absolute Gasteiger partial charge is 0.509 e. The van der Waals surface area contributed by atoms with Crippen molar-refractivity contribution in [3.8, 4) is 0 Å². The maximum atomic E-state index is 13.4. The number of esters is 1. The summed E-state index contributed by atoms with van der Waals surface area (Å²) in [6.07, 6.45) is 1.43. The topological polar surface area (TPSA) is 70.1 Å². The standard InChI is InChI=1S/C16H17FN2O4/c1-23-16(22)13-14(20)12-6-3-7-18(12)19(15(13)21)9-10-4-2-5-11(17)8-10/h2,4-5,8,12,20H,3,6-7,9H2,1H3/t12-/m0/s1. The lowest BCUT2D eigenvalue weighted by Crippen LogP contribution is -2.54. The minimum atomic E-state index is -0.858. The van der Waals surface area contributed by atoms with Crippen molar-refractivity contribution < 1.29 is 23.8 Å². The zero-order chi connectivity index (χ0) is 16.6. The lowest BCUT2D eigenvalue weighted by molar-refractivity contribution is -0.156. The highest BCUT2D eigenvalue weighted by Gasteiger charge is 2.45. The summed E-state index contributed by atoms with van der Waals surface area (Å²) >= 11 is 0. The summed E-state index contributed by atoms with van der Waals surface area (Å²) in [4.78, 5) is 24.5. The van der Waals surface area contributed by atoms with Crippen LogP contribution in [-0.4, -0.2) is 46.7 Å². The number of hydrogen-bond donors (Lipinski definition) is 1. The van der Waals surface area contributed by atoms with Gasteiger partial charge in [0.25, 0.3) is 5.91 Å². The van der Waals surface area contributed by atoms with Crippen LogP contribution in [-0.2, 0) is 20.9 Å². The third kappa shape index (κ3) is 2.68. The fraction of sp³-hybridized carbons (Fsp3) is 0.375. The molecule has 0 unspecified atom stereocenters. The molecule has 0 aliphatic carbocycles. The van der Waals surface area contributed by atoms with E-state index in [1.165, 1.54) is 17.1 Å². The highest BCUT2D eigenvalue weighted by Crippen LogP contribution is 2.33. The molecular formula is C16H17FN2O4. The lowest BCUT2D eigenvalue weighted by atomic mass is 10.0. The molecule has 2 heterocycles. The van der Waals surface area contributed by atoms with Gasteiger partial charge < -0.3 is 9.84 Å². The Morgan fingerprint density at radius 3 is 2.96 bits per heavy atom. The molecule has 6 nitrogen and oxygen atoms in total. The normalized spacial score (nSPS) is 21.6. The van der Waals surface area contributed by atoms with Crippen LogP contribution >= 0.6 is 0 Å². The predicted octanol–water partition coefficient (Wildman–Crippen LogP) is 1.53. The molecule has 2 aliphatic heterocycles. The molecule has 0 saturated carbocycles. The van der Waals surface area contributed by atoms with E-state index in [4.69, 9.17) is 0 Å². The molecule has 0 spiro atoms. The number of rotatable bonds is 3. The van der Waals surface area contributed by atoms with Gasteiger partial charge in [-0.15, -0.1) is 0 Å². The van der Waals surface area contributed by atoms with E-state index in [0.717, 1.165) is 13.5 Å². The Kier molecular flexibility index (Phi) is 4.04. The molecule has 1 N–H and O–H groups in total. The SMILES string of the molecule is COC(=O)C1=C(O)[C@@H]2CCCN2N(Cc2cccc(F)c2)C1=O. The molecule has 0 radical (unpaired) electrons. The second kappa shape index (κ2) is 6.00. The highest BCUT2D eigenvalue weighted by atomic mass is 19.1. The van der Waals surface area contributed by atoms with Crippen molar-refractivity contribution in [2.24, 2.45) is 0 Å². The Labute approximate surface area is 132 Å². The summed E-state index contributed by atoms with van der Waals surface area (Å²) in [7, 11) is 1.16. The first-order chi connectivity index (χ1) is 11.0. The number of amides is 1. The quantitative estimate of drug-likeness (QED) is 0.676. The number of ether oxygens (including phenoxy) is 1. The molecule has 3 rings (SSSR count). The number of hydrogen-bond acceptors (Lipinski definition) is 5. The predicted molar refractivity (Wildman–Crippen MR) is 78.3 cm³/mol. The molecular weight excluding hydrogens is 303 g/mol. The van der Waals surface area contributed by atoms with Crippen LogP contribution in [0, 0.1) is 5.82 Å². The minimum absolute atomic E-state index is 0.126. The lowest BCUT2D eigenvalue weighted by Gasteiger charge is -2.40. The molecule has 1 aromatic rings. The van der Waals surface area contributed by atoms with Crippen LogP contribution in [0.15, 0.2) is 35.6 Å². The van der Waals surface area contributed by atoms with Gasteiger partial charge in [0.1, 0.15) is 11.6 Å². The van der Waals surface area contributed by atoms with Gasteiger partial charge in [-0.2, -0.15) is 0 Å². The Balaban J connectivity index is 1.96. The zero-order valence-corrected chi connectivity index (χ0v) is 12.7. The molecule has 0 bridgehead atoms. The van der Waals surface area contributed by atoms with E-state index >= 15 is 0 Å². The van der Waals surface area contributed by atoms with Crippen molar-refractivity contribution in [1.82, 2.24) is 10.0 Å². The van der Waals surface area contributed by atoms with Gasteiger partial charge >= 0.3 is 5.97 Å². The number of nitrogens with zero attached hydrogens (tertiary/aromatic N) is 2. The van der Waals surface area contributed by atoms with Gasteiger partial charge in [0.2, 0.25) is 0 Å². The number of halogens is 1. The molecule has 1 aromatic carbocycles. The highest BCUT2D eigenvalue weighted by molar-refractivity contribution is 6.17. The first-order valence-corrected chi connectivity index (χ1v) is 7.37. The van der Waals surface area contributed by atoms with Gasteiger partial charge in [0.05, 0.1) is 19.7 Å². The average Bonchev–Trinajstić information content (AvgIpc) is 3.01. The van der Waals surface area contributed by atoms with Crippen LogP contribution in [0.5, 0.6) is 0 Å². The molecule has 1 amide bonds. The van der Waals surface area contributed by atoms with Crippen molar-refractivity contribution in [2.75, 3.05) is 13.7 Å². The monoisotopic (exact) mass is 320 g/mol. The van der Waals surface area contributed by atoms with Crippen molar-refractivity contribution in [3.63, 3.8) is 0 Å². The van der Waals surface area contributed by atoms with Crippen LogP contribution < -0.4 is 0 Å². The number of aliphatic hydroxyl groups excluding tert-OH is 1. The van der Waals surface area contributed by atoms with Crippen molar-refractivity contribution >= 4 is 11.9 Å². The van der Waals surface area contributed by atoms with Crippen LogP contribution in [0.25, 0.3) is 0 Å². The van der Waals surface area contributed by atoms with Crippen molar-refractivity contribution in [1.29, 1.82) is 0 Å². The Hall–Kier alpha value is -2.41. The minimum Gasteiger partial charge on any atom is -0.509 e. The van der Waals surface area contributed by atoms with Gasteiger partial charge in [-0.3, -0.25) is 9.80 Å². The first-order valence-electron chi connectivity index (χ1n) is 7.37. The maximum Gasteiger partial charge on any atom is 0.347 e. The molecule has 1 fully saturated rings. The van der Waals surface area contributed by atoms with Gasteiger partial charge in [0, 0.05) is 6.54 Å². The van der Waals surface area contributed by atoms with Crippen LogP contribution in [0.1, 0.15) is 18.4 Å². The third-order valence-electron chi connectivity index (χ3n) is 4.17. The van der Waals surface area contributed by atoms with Crippen LogP contribution in [0.3, 0.4) is 0 Å². The number of benzene rings is 1. The summed E-state index contributed by atoms with van der Waals surface area (Å²) in [5.41, 5.74) is 0.265. The van der Waals surface area contributed by atoms with E-state index in [2.05, 4.69) is 4.74 Å². The Morgan fingerprint density at radius 2 is 2.26 bits per heavy atom. The smallest absolute Gasteiger partial charge is 0.347 e. The summed E-state index contributed by atoms with van der Waals surface area (Å²) in [6.45, 7) is 0.713. The molecule has 0 aromatic heterocycles. The fourth-order valence-electron chi connectivity index (χ4n) is 3.11. The Bertz CT molecular complexity index is 688. The molecule has 7 heteroatoms. The number of aliphatic hydroxyl groups is 1. The molecule has 122 valence electrons. The van der Waals surface area contributed by atoms with Crippen LogP contribution in [0.2, 0.25) is 0 Å². The molecule has 1 saturated heterocycles. The van der Waals surface area contributed by atoms with Crippen molar-refractivity contribution in [2.45, 2.75) is 25.4 Å². The third-order valence-corrected chi connectivity index (χ3v) is 4.17. The first kappa shape index (κ1) is 15.5. The van der Waals surface area contributed by atoms with E-state index in [1.54, 1.807) is 17.1 Å². The summed E-state index contributed by atoms with van der Waals surface area (Å²) < 4.78 is 18.0. The summed E-state index contributed by atoms with van der Waals surface area (Å²) in [5.74, 6) is -2.12. The van der Waals surface area contributed by atoms with Crippen molar-refractivity contribution in [3.05, 3.63) is 47.0 Å². The number of carbonyl (C=O) groups excluding carboxylic acids is 2. The van der Waals surface area contributed by atoms with E-state index in [9.17, 15) is 19.1 Å². The van der Waals surface area contributed by atoms with Gasteiger partial charge in [-0.1, -0.05) is 12.1 Å². The molecule has 2 aliphatic rings. The van der Waals surface area contributed by atoms with Gasteiger partial charge in [-0.25, -0.2) is 14.2 Å². The number of hydrazine groups is 1. The Morgan fingerprint density at radius 1 is 1.48 bits per heavy atom. The van der Waals surface area contributed by atoms with E-state index < -0.39 is 23.7 Å². The average molecular weight is 320 g/mol. The zero-order valence-electron chi connectivity index (χ0n) is 12.7. The number of carbonyl (C=O) groups is 2. The number of methoxy groups -OCH3 is 1. The second-order valence-corrected chi connectivity index (χ2v) is 5.57. The van der Waals surface area contributed by atoms with E-state index in [-0.39, 0.29) is 17.9 Å². The maximum absolute atomic E-state index is 13.4. The van der Waals surface area contributed by atoms with Crippen LogP contribution in [0.4, 0.5) is 4.39 Å². The van der Waals surface area contributed by atoms with E-state index in [1.807, 2.05) is 0 Å². The summed E-state index contributed by atoms with van der Waals surface area (Å²) in [5, 5.41) is 13.4. The molecule has 23 heavy (non-hydrogen) atoms. The second-order valence-electron chi connectivity index (χ2n) is 5.57.